The van der Waals surface area contributed by atoms with Crippen molar-refractivity contribution >= 4 is 37.8 Å². The van der Waals surface area contributed by atoms with Crippen LogP contribution in [0.15, 0.2) is 34.4 Å². The molecule has 0 aliphatic carbocycles. The van der Waals surface area contributed by atoms with Gasteiger partial charge in [0.2, 0.25) is 0 Å². The summed E-state index contributed by atoms with van der Waals surface area (Å²) in [7, 11) is -2.81. The third-order valence-electron chi connectivity index (χ3n) is 5.79. The zero-order valence-electron chi connectivity index (χ0n) is 24.3. The molecular weight excluding hydrogens is 451 g/mol. The van der Waals surface area contributed by atoms with Crippen molar-refractivity contribution in [1.29, 1.82) is 0 Å². The van der Waals surface area contributed by atoms with Crippen molar-refractivity contribution in [3.63, 3.8) is 0 Å². The van der Waals surface area contributed by atoms with Gasteiger partial charge in [-0.2, -0.15) is 0 Å². The lowest BCUT2D eigenvalue weighted by Gasteiger charge is -2.43. The predicted octanol–water partition coefficient (Wildman–Crippen LogP) is 9.11. The Balaban J connectivity index is 4.08. The molecule has 0 amide bonds. The third kappa shape index (κ3) is 8.93. The second kappa shape index (κ2) is 9.90. The van der Waals surface area contributed by atoms with Crippen molar-refractivity contribution in [1.82, 2.24) is 0 Å². The molecular formula is C30H50AlClSi. The summed E-state index contributed by atoms with van der Waals surface area (Å²) in [5.41, 5.74) is 5.18. The van der Waals surface area contributed by atoms with E-state index in [2.05, 4.69) is 146 Å². The van der Waals surface area contributed by atoms with Gasteiger partial charge in [-0.05, 0) is 42.4 Å². The van der Waals surface area contributed by atoms with Crippen LogP contribution < -0.4 is 5.19 Å². The van der Waals surface area contributed by atoms with Gasteiger partial charge in [-0.3, -0.25) is 0 Å². The Labute approximate surface area is 217 Å². The number of benzene rings is 1. The van der Waals surface area contributed by atoms with Crippen molar-refractivity contribution in [3.05, 3.63) is 40.0 Å². The summed E-state index contributed by atoms with van der Waals surface area (Å²) in [5, 5.41) is 1.23. The molecule has 0 aromatic heterocycles. The Morgan fingerprint density at radius 2 is 1.18 bits per heavy atom. The second-order valence-electron chi connectivity index (χ2n) is 15.1. The van der Waals surface area contributed by atoms with Crippen LogP contribution in [0.1, 0.15) is 109 Å². The molecule has 0 spiro atoms. The first kappa shape index (κ1) is 30.6. The number of rotatable bonds is 3. The Morgan fingerprint density at radius 3 is 1.48 bits per heavy atom. The monoisotopic (exact) mass is 500 g/mol. The molecule has 0 saturated carbocycles. The van der Waals surface area contributed by atoms with Crippen LogP contribution >= 0.6 is 11.1 Å². The summed E-state index contributed by atoms with van der Waals surface area (Å²) >= 11 is 6.39. The molecule has 184 valence electrons. The van der Waals surface area contributed by atoms with Gasteiger partial charge in [-0.25, -0.2) is 0 Å². The molecule has 0 heterocycles. The second-order valence-corrected chi connectivity index (χ2v) is 25.1. The molecule has 33 heavy (non-hydrogen) atoms. The molecule has 0 saturated heterocycles. The van der Waals surface area contributed by atoms with Crippen molar-refractivity contribution in [2.45, 2.75) is 118 Å². The molecule has 1 rings (SSSR count). The van der Waals surface area contributed by atoms with Gasteiger partial charge in [0.15, 0.2) is 0 Å². The van der Waals surface area contributed by atoms with Crippen molar-refractivity contribution in [2.75, 3.05) is 0 Å². The van der Waals surface area contributed by atoms with Gasteiger partial charge in [0.25, 0.3) is 7.38 Å². The van der Waals surface area contributed by atoms with Crippen LogP contribution in [-0.4, -0.2) is 21.5 Å². The zero-order chi connectivity index (χ0) is 26.3. The van der Waals surface area contributed by atoms with Crippen molar-refractivity contribution < 1.29 is 0 Å². The minimum Gasteiger partial charge on any atom is -0.140 e. The topological polar surface area (TPSA) is 0 Å². The number of hydrogen-bond donors (Lipinski definition) is 0. The molecule has 0 fully saturated rings. The predicted molar refractivity (Wildman–Crippen MR) is 156 cm³/mol. The summed E-state index contributed by atoms with van der Waals surface area (Å²) < 4.78 is 1.88. The van der Waals surface area contributed by atoms with Crippen LogP contribution in [0.4, 0.5) is 0 Å². The summed E-state index contributed by atoms with van der Waals surface area (Å²) in [5.74, 6) is 3.59. The molecule has 0 aliphatic rings. The minimum absolute atomic E-state index is 0.0407. The van der Waals surface area contributed by atoms with Crippen LogP contribution in [-0.2, 0) is 5.41 Å². The highest BCUT2D eigenvalue weighted by Gasteiger charge is 2.52. The molecule has 0 aliphatic heterocycles. The maximum Gasteiger partial charge on any atom is 0.309 e. The highest BCUT2D eigenvalue weighted by Crippen LogP contribution is 2.49. The summed E-state index contributed by atoms with van der Waals surface area (Å²) in [6, 6.07) is 9.12. The van der Waals surface area contributed by atoms with E-state index in [4.69, 9.17) is 11.1 Å². The van der Waals surface area contributed by atoms with Crippen LogP contribution in [0.3, 0.4) is 0 Å². The Morgan fingerprint density at radius 1 is 0.758 bits per heavy atom. The number of halogens is 1. The highest BCUT2D eigenvalue weighted by atomic mass is 35.6. The standard InChI is InChI=1S/C22H32ClSi.2C4H9.Al/c1-20(2,3)14-16-24(23,17-15-21(4,5)6)19-12-10-18(11-13-19)22(7,8)9;2*1-4(2)3;/h10-14H,1-9H3;2*1-3H3;. The Hall–Kier alpha value is -0.441. The van der Waals surface area contributed by atoms with E-state index in [0.29, 0.717) is 0 Å². The smallest absolute Gasteiger partial charge is 0.140 e. The van der Waals surface area contributed by atoms with Gasteiger partial charge in [0.05, 0.1) is 0 Å². The molecule has 0 N–H and O–H groups in total. The SMILES string of the molecule is CC(C)(C)C#C[Si](Cl)(/[C](=C\C(C)(C)C)[Al]([C](C)(C)C)[C](C)(C)C)c1ccc(C(C)(C)C)cc1. The highest BCUT2D eigenvalue weighted by molar-refractivity contribution is 7.39. The van der Waals surface area contributed by atoms with E-state index < -0.39 is 21.5 Å². The quantitative estimate of drug-likeness (QED) is 0.220. The fraction of sp³-hybridized carbons (Fsp3) is 0.667. The van der Waals surface area contributed by atoms with Crippen LogP contribution in [0.5, 0.6) is 0 Å². The van der Waals surface area contributed by atoms with E-state index in [9.17, 15) is 0 Å². The largest absolute Gasteiger partial charge is 0.309 e. The molecule has 0 nitrogen and oxygen atoms in total. The zero-order valence-corrected chi connectivity index (χ0v) is 27.3. The molecule has 0 bridgehead atoms. The van der Waals surface area contributed by atoms with E-state index in [1.807, 2.05) is 0 Å². The fourth-order valence-electron chi connectivity index (χ4n) is 4.86. The molecule has 1 aromatic rings. The van der Waals surface area contributed by atoms with Crippen LogP contribution in [0.2, 0.25) is 8.55 Å². The lowest BCUT2D eigenvalue weighted by molar-refractivity contribution is 0.542. The van der Waals surface area contributed by atoms with Gasteiger partial charge in [-0.1, -0.05) is 122 Å². The third-order valence-corrected chi connectivity index (χ3v) is 16.9. The fourth-order valence-corrected chi connectivity index (χ4v) is 19.0. The average molecular weight is 501 g/mol. The molecule has 1 atom stereocenters. The van der Waals surface area contributed by atoms with Crippen molar-refractivity contribution in [2.24, 2.45) is 10.8 Å². The van der Waals surface area contributed by atoms with Crippen LogP contribution in [0.25, 0.3) is 0 Å². The maximum atomic E-state index is 7.95. The first-order valence-corrected chi connectivity index (χ1v) is 17.2. The van der Waals surface area contributed by atoms with Gasteiger partial charge < -0.3 is 0 Å². The molecule has 3 heteroatoms. The molecule has 1 unspecified atom stereocenters. The number of allylic oxidation sites excluding steroid dienone is 1. The van der Waals surface area contributed by atoms with Crippen LogP contribution in [0, 0.1) is 22.3 Å². The first-order chi connectivity index (χ1) is 14.4. The van der Waals surface area contributed by atoms with E-state index >= 15 is 0 Å². The lowest BCUT2D eigenvalue weighted by atomic mass is 9.87. The van der Waals surface area contributed by atoms with Gasteiger partial charge in [0, 0.05) is 5.41 Å². The first-order valence-electron chi connectivity index (χ1n) is 12.5. The van der Waals surface area contributed by atoms with E-state index in [0.717, 1.165) is 0 Å². The van der Waals surface area contributed by atoms with Gasteiger partial charge in [-0.15, -0.1) is 26.6 Å². The molecule has 0 radical (unpaired) electrons. The maximum absolute atomic E-state index is 7.95. The van der Waals surface area contributed by atoms with E-state index in [-0.39, 0.29) is 24.8 Å². The summed E-state index contributed by atoms with van der Waals surface area (Å²) in [6.07, 6.45) is 2.52. The number of hydrogen-bond acceptors (Lipinski definition) is 0. The van der Waals surface area contributed by atoms with Crippen molar-refractivity contribution in [3.8, 4) is 11.5 Å². The van der Waals surface area contributed by atoms with E-state index in [1.54, 1.807) is 0 Å². The Bertz CT molecular complexity index is 881. The normalized spacial score (nSPS) is 16.1. The minimum atomic E-state index is -2.81. The molecule has 1 aromatic carbocycles. The van der Waals surface area contributed by atoms with Gasteiger partial charge in [0.1, 0.15) is 0 Å². The van der Waals surface area contributed by atoms with Gasteiger partial charge >= 0.3 is 14.1 Å². The Kier molecular flexibility index (Phi) is 9.18. The summed E-state index contributed by atoms with van der Waals surface area (Å²) in [4.78, 5) is 0. The summed E-state index contributed by atoms with van der Waals surface area (Å²) in [6.45, 7) is 34.7. The van der Waals surface area contributed by atoms with E-state index in [1.165, 1.54) is 14.8 Å². The lowest BCUT2D eigenvalue weighted by Crippen LogP contribution is -2.54. The average Bonchev–Trinajstić information content (AvgIpc) is 2.54.